The number of nitrogens with one attached hydrogen (secondary N) is 1. The maximum atomic E-state index is 12.2. The lowest BCUT2D eigenvalue weighted by atomic mass is 10.2. The number of fused-ring (bicyclic) bond motifs is 1. The zero-order chi connectivity index (χ0) is 19.4. The molecule has 0 aliphatic rings. The molecule has 9 nitrogen and oxygen atoms in total. The Kier molecular flexibility index (Phi) is 5.11. The van der Waals surface area contributed by atoms with Gasteiger partial charge in [0.15, 0.2) is 0 Å². The lowest BCUT2D eigenvalue weighted by Crippen LogP contribution is -2.25. The van der Waals surface area contributed by atoms with E-state index >= 15 is 0 Å². The number of nitrogens with zero attached hydrogens (tertiary/aromatic N) is 5. The van der Waals surface area contributed by atoms with Crippen LogP contribution in [-0.4, -0.2) is 38.1 Å². The Balaban J connectivity index is 1.89. The van der Waals surface area contributed by atoms with Crippen molar-refractivity contribution in [1.29, 1.82) is 0 Å². The molecule has 0 aromatic carbocycles. The SMILES string of the molecule is C/C=C(\C=NC)C(=O)NCc1ncn2ccc(-n3ccc(N)nc3=O)cc12. The predicted octanol–water partition coefficient (Wildman–Crippen LogP) is 0.725. The lowest BCUT2D eigenvalue weighted by Gasteiger charge is -2.07. The van der Waals surface area contributed by atoms with E-state index in [2.05, 4.69) is 20.3 Å². The van der Waals surface area contributed by atoms with E-state index in [4.69, 9.17) is 5.73 Å². The van der Waals surface area contributed by atoms with Crippen LogP contribution in [0.5, 0.6) is 0 Å². The smallest absolute Gasteiger partial charge is 0.354 e. The minimum absolute atomic E-state index is 0.167. The molecule has 3 heterocycles. The molecular formula is C18H19N7O2. The number of hydrogen-bond donors (Lipinski definition) is 2. The highest BCUT2D eigenvalue weighted by Gasteiger charge is 2.11. The number of allylic oxidation sites excluding steroid dienone is 1. The van der Waals surface area contributed by atoms with Gasteiger partial charge in [0.2, 0.25) is 0 Å². The number of pyridine rings is 1. The van der Waals surface area contributed by atoms with Crippen molar-refractivity contribution < 1.29 is 4.79 Å². The molecule has 0 aliphatic heterocycles. The Labute approximate surface area is 154 Å². The third-order valence-electron chi connectivity index (χ3n) is 3.96. The fourth-order valence-corrected chi connectivity index (χ4v) is 2.60. The van der Waals surface area contributed by atoms with Crippen LogP contribution >= 0.6 is 0 Å². The molecule has 0 bridgehead atoms. The summed E-state index contributed by atoms with van der Waals surface area (Å²) in [6, 6.07) is 5.13. The summed E-state index contributed by atoms with van der Waals surface area (Å²) in [7, 11) is 1.61. The topological polar surface area (TPSA) is 120 Å². The molecule has 1 amide bonds. The molecule has 3 aromatic rings. The number of nitrogen functional groups attached to an aromatic ring is 1. The summed E-state index contributed by atoms with van der Waals surface area (Å²) in [5.41, 5.74) is 7.61. The second kappa shape index (κ2) is 7.65. The summed E-state index contributed by atoms with van der Waals surface area (Å²) in [5.74, 6) is -0.0696. The van der Waals surface area contributed by atoms with Crippen LogP contribution in [0.3, 0.4) is 0 Å². The average molecular weight is 365 g/mol. The molecule has 0 aliphatic carbocycles. The lowest BCUT2D eigenvalue weighted by molar-refractivity contribution is -0.117. The number of hydrogen-bond acceptors (Lipinski definition) is 6. The van der Waals surface area contributed by atoms with Crippen molar-refractivity contribution >= 4 is 23.5 Å². The van der Waals surface area contributed by atoms with Gasteiger partial charge in [-0.15, -0.1) is 0 Å². The summed E-state index contributed by atoms with van der Waals surface area (Å²) < 4.78 is 3.20. The van der Waals surface area contributed by atoms with Gasteiger partial charge in [-0.1, -0.05) is 6.08 Å². The van der Waals surface area contributed by atoms with Gasteiger partial charge in [0.25, 0.3) is 5.91 Å². The number of carbonyl (C=O) groups excluding carboxylic acids is 1. The highest BCUT2D eigenvalue weighted by Crippen LogP contribution is 2.14. The van der Waals surface area contributed by atoms with E-state index in [1.165, 1.54) is 10.8 Å². The van der Waals surface area contributed by atoms with Crippen molar-refractivity contribution in [2.45, 2.75) is 13.5 Å². The Bertz CT molecular complexity index is 1110. The molecule has 0 fully saturated rings. The van der Waals surface area contributed by atoms with Crippen LogP contribution < -0.4 is 16.7 Å². The third-order valence-corrected chi connectivity index (χ3v) is 3.96. The van der Waals surface area contributed by atoms with E-state index in [0.717, 1.165) is 5.52 Å². The Hall–Kier alpha value is -3.75. The first-order chi connectivity index (χ1) is 13.0. The molecule has 9 heteroatoms. The molecule has 0 spiro atoms. The number of carbonyl (C=O) groups is 1. The first-order valence-electron chi connectivity index (χ1n) is 8.21. The number of aliphatic imine (C=N–C) groups is 1. The molecule has 3 rings (SSSR count). The predicted molar refractivity (Wildman–Crippen MR) is 103 cm³/mol. The molecule has 0 saturated carbocycles. The van der Waals surface area contributed by atoms with Crippen LogP contribution in [-0.2, 0) is 11.3 Å². The summed E-state index contributed by atoms with van der Waals surface area (Å²) in [4.78, 5) is 36.2. The minimum atomic E-state index is -0.467. The molecule has 3 N–H and O–H groups in total. The van der Waals surface area contributed by atoms with Crippen LogP contribution in [0, 0.1) is 0 Å². The summed E-state index contributed by atoms with van der Waals surface area (Å²) >= 11 is 0. The zero-order valence-corrected chi connectivity index (χ0v) is 15.0. The Morgan fingerprint density at radius 1 is 1.37 bits per heavy atom. The van der Waals surface area contributed by atoms with Crippen molar-refractivity contribution in [1.82, 2.24) is 24.3 Å². The highest BCUT2D eigenvalue weighted by molar-refractivity contribution is 6.12. The molecule has 138 valence electrons. The minimum Gasteiger partial charge on any atom is -0.383 e. The first-order valence-corrected chi connectivity index (χ1v) is 8.21. The molecule has 0 saturated heterocycles. The van der Waals surface area contributed by atoms with Gasteiger partial charge in [-0.3, -0.25) is 14.4 Å². The second-order valence-electron chi connectivity index (χ2n) is 5.69. The molecule has 3 aromatic heterocycles. The zero-order valence-electron chi connectivity index (χ0n) is 15.0. The molecular weight excluding hydrogens is 346 g/mol. The quantitative estimate of drug-likeness (QED) is 0.510. The molecule has 0 atom stereocenters. The van der Waals surface area contributed by atoms with Gasteiger partial charge in [0.05, 0.1) is 35.3 Å². The van der Waals surface area contributed by atoms with Gasteiger partial charge in [-0.2, -0.15) is 4.98 Å². The monoisotopic (exact) mass is 365 g/mol. The van der Waals surface area contributed by atoms with Crippen LogP contribution in [0.1, 0.15) is 12.6 Å². The number of aromatic nitrogens is 4. The summed E-state index contributed by atoms with van der Waals surface area (Å²) in [6.07, 6.45) is 8.18. The molecule has 27 heavy (non-hydrogen) atoms. The fourth-order valence-electron chi connectivity index (χ4n) is 2.60. The van der Waals surface area contributed by atoms with Crippen molar-refractivity contribution in [2.24, 2.45) is 4.99 Å². The summed E-state index contributed by atoms with van der Waals surface area (Å²) in [5, 5.41) is 2.82. The van der Waals surface area contributed by atoms with Crippen LogP contribution in [0.25, 0.3) is 11.2 Å². The van der Waals surface area contributed by atoms with Gasteiger partial charge in [0.1, 0.15) is 5.82 Å². The van der Waals surface area contributed by atoms with Crippen molar-refractivity contribution in [3.63, 3.8) is 0 Å². The van der Waals surface area contributed by atoms with E-state index < -0.39 is 5.69 Å². The molecule has 0 radical (unpaired) electrons. The number of anilines is 1. The second-order valence-corrected chi connectivity index (χ2v) is 5.69. The fraction of sp³-hybridized carbons (Fsp3) is 0.167. The van der Waals surface area contributed by atoms with E-state index in [9.17, 15) is 9.59 Å². The standard InChI is InChI=1S/C18H19N7O2/c1-3-12(9-20-2)17(26)21-10-14-15-8-13(4-6-24(15)11-22-14)25-7-5-16(19)23-18(25)27/h3-9,11H,10H2,1-2H3,(H,21,26)(H2,19,23,27)/b12-3+,20-9?. The van der Waals surface area contributed by atoms with Gasteiger partial charge >= 0.3 is 5.69 Å². The number of nitrogens with two attached hydrogens (primary N) is 1. The van der Waals surface area contributed by atoms with Crippen LogP contribution in [0.4, 0.5) is 5.82 Å². The largest absolute Gasteiger partial charge is 0.383 e. The maximum absolute atomic E-state index is 12.2. The Morgan fingerprint density at radius 2 is 2.19 bits per heavy atom. The van der Waals surface area contributed by atoms with Gasteiger partial charge in [0, 0.05) is 25.7 Å². The third kappa shape index (κ3) is 3.76. The first kappa shape index (κ1) is 18.1. The number of amides is 1. The van der Waals surface area contributed by atoms with Gasteiger partial charge < -0.3 is 15.5 Å². The van der Waals surface area contributed by atoms with Crippen LogP contribution in [0.15, 0.2) is 58.4 Å². The summed E-state index contributed by atoms with van der Waals surface area (Å²) in [6.45, 7) is 2.01. The maximum Gasteiger partial charge on any atom is 0.354 e. The van der Waals surface area contributed by atoms with Crippen molar-refractivity contribution in [2.75, 3.05) is 12.8 Å². The number of imidazole rings is 1. The van der Waals surface area contributed by atoms with Crippen molar-refractivity contribution in [3.05, 3.63) is 64.7 Å². The van der Waals surface area contributed by atoms with Crippen LogP contribution in [0.2, 0.25) is 0 Å². The average Bonchev–Trinajstić information content (AvgIpc) is 3.06. The van der Waals surface area contributed by atoms with Gasteiger partial charge in [-0.25, -0.2) is 9.78 Å². The van der Waals surface area contributed by atoms with E-state index in [0.29, 0.717) is 17.0 Å². The van der Waals surface area contributed by atoms with Crippen molar-refractivity contribution in [3.8, 4) is 5.69 Å². The van der Waals surface area contributed by atoms with Gasteiger partial charge in [-0.05, 0) is 25.1 Å². The molecule has 0 unspecified atom stereocenters. The highest BCUT2D eigenvalue weighted by atomic mass is 16.2. The number of rotatable bonds is 5. The van der Waals surface area contributed by atoms with E-state index in [-0.39, 0.29) is 18.3 Å². The van der Waals surface area contributed by atoms with E-state index in [1.54, 1.807) is 57.0 Å². The normalized spacial score (nSPS) is 12.0. The Morgan fingerprint density at radius 3 is 2.89 bits per heavy atom. The van der Waals surface area contributed by atoms with E-state index in [1.807, 2.05) is 4.40 Å².